The van der Waals surface area contributed by atoms with Crippen molar-refractivity contribution < 1.29 is 13.5 Å². The maximum absolute atomic E-state index is 11.9. The van der Waals surface area contributed by atoms with Crippen molar-refractivity contribution in [2.45, 2.75) is 62.8 Å². The monoisotopic (exact) mass is 332 g/mol. The first kappa shape index (κ1) is 18.2. The maximum atomic E-state index is 11.9. The Morgan fingerprint density at radius 1 is 1.18 bits per heavy atom. The van der Waals surface area contributed by atoms with Crippen molar-refractivity contribution in [3.05, 3.63) is 0 Å². The molecule has 3 atom stereocenters. The van der Waals surface area contributed by atoms with Crippen LogP contribution < -0.4 is 5.32 Å². The van der Waals surface area contributed by atoms with Crippen LogP contribution in [-0.2, 0) is 9.84 Å². The summed E-state index contributed by atoms with van der Waals surface area (Å²) < 4.78 is 23.8. The van der Waals surface area contributed by atoms with Crippen molar-refractivity contribution in [1.29, 1.82) is 0 Å². The van der Waals surface area contributed by atoms with Crippen LogP contribution in [0.5, 0.6) is 0 Å². The van der Waals surface area contributed by atoms with Gasteiger partial charge in [0.05, 0.1) is 11.4 Å². The second kappa shape index (κ2) is 8.08. The highest BCUT2D eigenvalue weighted by atomic mass is 32.2. The average Bonchev–Trinajstić information content (AvgIpc) is 2.47. The molecule has 1 saturated carbocycles. The standard InChI is InChI=1S/C16H32N2O3S/c1-13-7-9-18(10-8-13)12-14(19)11-17-15-5-3-4-6-16(15)22(2,20)21/h13-17,19H,3-12H2,1-2H3/t14-,15-,16-/m1/s1. The van der Waals surface area contributed by atoms with Gasteiger partial charge in [-0.25, -0.2) is 8.42 Å². The normalized spacial score (nSPS) is 30.3. The zero-order valence-electron chi connectivity index (χ0n) is 14.0. The summed E-state index contributed by atoms with van der Waals surface area (Å²) in [5.74, 6) is 0.796. The van der Waals surface area contributed by atoms with Crippen LogP contribution >= 0.6 is 0 Å². The van der Waals surface area contributed by atoms with E-state index in [1.807, 2.05) is 0 Å². The van der Waals surface area contributed by atoms with Crippen LogP contribution in [0.1, 0.15) is 45.4 Å². The summed E-state index contributed by atoms with van der Waals surface area (Å²) in [7, 11) is -3.01. The lowest BCUT2D eigenvalue weighted by atomic mass is 9.94. The van der Waals surface area contributed by atoms with E-state index in [0.717, 1.165) is 44.7 Å². The van der Waals surface area contributed by atoms with Gasteiger partial charge in [0.25, 0.3) is 0 Å². The van der Waals surface area contributed by atoms with Gasteiger partial charge in [0.1, 0.15) is 0 Å². The summed E-state index contributed by atoms with van der Waals surface area (Å²) in [6.45, 7) is 5.59. The maximum Gasteiger partial charge on any atom is 0.151 e. The lowest BCUT2D eigenvalue weighted by Gasteiger charge is -2.34. The highest BCUT2D eigenvalue weighted by Gasteiger charge is 2.32. The largest absolute Gasteiger partial charge is 0.390 e. The summed E-state index contributed by atoms with van der Waals surface area (Å²) in [5, 5.41) is 13.3. The second-order valence-electron chi connectivity index (χ2n) is 7.30. The highest BCUT2D eigenvalue weighted by Crippen LogP contribution is 2.24. The second-order valence-corrected chi connectivity index (χ2v) is 9.57. The molecule has 5 nitrogen and oxygen atoms in total. The molecule has 0 aromatic heterocycles. The molecule has 2 N–H and O–H groups in total. The van der Waals surface area contributed by atoms with Crippen molar-refractivity contribution >= 4 is 9.84 Å². The van der Waals surface area contributed by atoms with E-state index in [1.165, 1.54) is 19.1 Å². The molecule has 0 aromatic rings. The predicted octanol–water partition coefficient (Wildman–Crippen LogP) is 1.02. The number of hydrogen-bond donors (Lipinski definition) is 2. The third-order valence-electron chi connectivity index (χ3n) is 5.21. The van der Waals surface area contributed by atoms with Gasteiger partial charge >= 0.3 is 0 Å². The van der Waals surface area contributed by atoms with E-state index in [4.69, 9.17) is 0 Å². The minimum Gasteiger partial charge on any atom is -0.390 e. The van der Waals surface area contributed by atoms with E-state index in [1.54, 1.807) is 0 Å². The summed E-state index contributed by atoms with van der Waals surface area (Å²) in [4.78, 5) is 2.32. The van der Waals surface area contributed by atoms with E-state index in [0.29, 0.717) is 13.1 Å². The summed E-state index contributed by atoms with van der Waals surface area (Å²) in [5.41, 5.74) is 0. The molecular weight excluding hydrogens is 300 g/mol. The van der Waals surface area contributed by atoms with Gasteiger partial charge in [-0.15, -0.1) is 0 Å². The molecule has 130 valence electrons. The fourth-order valence-electron chi connectivity index (χ4n) is 3.74. The number of β-amino-alcohol motifs (C(OH)–C–C–N with tert-alkyl or cyclic N) is 1. The van der Waals surface area contributed by atoms with Gasteiger partial charge in [0.15, 0.2) is 9.84 Å². The van der Waals surface area contributed by atoms with Crippen molar-refractivity contribution in [3.63, 3.8) is 0 Å². The molecule has 0 spiro atoms. The third kappa shape index (κ3) is 5.48. The van der Waals surface area contributed by atoms with E-state index in [9.17, 15) is 13.5 Å². The quantitative estimate of drug-likeness (QED) is 0.760. The number of likely N-dealkylation sites (tertiary alicyclic amines) is 1. The lowest BCUT2D eigenvalue weighted by Crippen LogP contribution is -2.50. The first-order valence-electron chi connectivity index (χ1n) is 8.69. The minimum absolute atomic E-state index is 0.000205. The van der Waals surface area contributed by atoms with Crippen LogP contribution in [0.15, 0.2) is 0 Å². The van der Waals surface area contributed by atoms with Gasteiger partial charge in [-0.2, -0.15) is 0 Å². The predicted molar refractivity (Wildman–Crippen MR) is 89.7 cm³/mol. The Labute approximate surface area is 135 Å². The van der Waals surface area contributed by atoms with Gasteiger partial charge in [-0.1, -0.05) is 19.8 Å². The van der Waals surface area contributed by atoms with E-state index in [2.05, 4.69) is 17.1 Å². The van der Waals surface area contributed by atoms with E-state index >= 15 is 0 Å². The Morgan fingerprint density at radius 2 is 1.82 bits per heavy atom. The van der Waals surface area contributed by atoms with Crippen LogP contribution in [0.25, 0.3) is 0 Å². The Morgan fingerprint density at radius 3 is 2.45 bits per heavy atom. The topological polar surface area (TPSA) is 69.6 Å². The molecule has 2 rings (SSSR count). The number of aliphatic hydroxyl groups excluding tert-OH is 1. The van der Waals surface area contributed by atoms with E-state index in [-0.39, 0.29) is 11.3 Å². The number of nitrogens with one attached hydrogen (secondary N) is 1. The molecule has 0 bridgehead atoms. The summed E-state index contributed by atoms with van der Waals surface area (Å²) in [6, 6.07) is -0.000205. The molecule has 1 aliphatic heterocycles. The van der Waals surface area contributed by atoms with Crippen molar-refractivity contribution in [3.8, 4) is 0 Å². The van der Waals surface area contributed by atoms with Gasteiger partial charge in [0, 0.05) is 25.4 Å². The van der Waals surface area contributed by atoms with Crippen LogP contribution in [0.2, 0.25) is 0 Å². The van der Waals surface area contributed by atoms with Crippen LogP contribution in [0, 0.1) is 5.92 Å². The van der Waals surface area contributed by atoms with E-state index < -0.39 is 15.9 Å². The number of hydrogen-bond acceptors (Lipinski definition) is 5. The molecule has 22 heavy (non-hydrogen) atoms. The van der Waals surface area contributed by atoms with Crippen molar-refractivity contribution in [2.75, 3.05) is 32.4 Å². The first-order chi connectivity index (χ1) is 10.4. The zero-order chi connectivity index (χ0) is 16.2. The number of piperidine rings is 1. The number of aliphatic hydroxyl groups is 1. The molecule has 2 fully saturated rings. The van der Waals surface area contributed by atoms with Gasteiger partial charge in [-0.3, -0.25) is 0 Å². The molecule has 0 radical (unpaired) electrons. The number of rotatable bonds is 6. The molecule has 2 aliphatic rings. The molecule has 1 heterocycles. The van der Waals surface area contributed by atoms with Crippen molar-refractivity contribution in [2.24, 2.45) is 5.92 Å². The Hall–Kier alpha value is -0.170. The molecule has 0 aromatic carbocycles. The van der Waals surface area contributed by atoms with Crippen LogP contribution in [0.3, 0.4) is 0 Å². The fraction of sp³-hybridized carbons (Fsp3) is 1.00. The molecular formula is C16H32N2O3S. The minimum atomic E-state index is -3.01. The Balaban J connectivity index is 1.76. The Bertz CT molecular complexity index is 433. The van der Waals surface area contributed by atoms with Gasteiger partial charge in [0.2, 0.25) is 0 Å². The summed E-state index contributed by atoms with van der Waals surface area (Å²) in [6.07, 6.45) is 7.03. The van der Waals surface area contributed by atoms with Gasteiger partial charge < -0.3 is 15.3 Å². The molecule has 1 aliphatic carbocycles. The molecule has 0 unspecified atom stereocenters. The average molecular weight is 333 g/mol. The third-order valence-corrected chi connectivity index (χ3v) is 6.88. The Kier molecular flexibility index (Phi) is 6.68. The fourth-order valence-corrected chi connectivity index (χ4v) is 5.16. The molecule has 6 heteroatoms. The number of sulfone groups is 1. The molecule has 0 amide bonds. The smallest absolute Gasteiger partial charge is 0.151 e. The van der Waals surface area contributed by atoms with Crippen LogP contribution in [0.4, 0.5) is 0 Å². The number of nitrogens with zero attached hydrogens (tertiary/aromatic N) is 1. The summed E-state index contributed by atoms with van der Waals surface area (Å²) >= 11 is 0. The van der Waals surface area contributed by atoms with Gasteiger partial charge in [-0.05, 0) is 44.7 Å². The highest BCUT2D eigenvalue weighted by molar-refractivity contribution is 7.91. The molecule has 1 saturated heterocycles. The SMILES string of the molecule is CC1CCN(C[C@H](O)CN[C@@H]2CCCC[C@H]2S(C)(=O)=O)CC1. The zero-order valence-corrected chi connectivity index (χ0v) is 14.8. The lowest BCUT2D eigenvalue weighted by molar-refractivity contribution is 0.0877. The van der Waals surface area contributed by atoms with Crippen LogP contribution in [-0.4, -0.2) is 68.3 Å². The first-order valence-corrected chi connectivity index (χ1v) is 10.6. The van der Waals surface area contributed by atoms with Crippen molar-refractivity contribution in [1.82, 2.24) is 10.2 Å².